The largest absolute Gasteiger partial charge is 0.573 e. The minimum Gasteiger partial charge on any atom is -0.481 e. The first-order chi connectivity index (χ1) is 23.3. The number of carboxylic acid groups (broad SMARTS) is 1. The lowest BCUT2D eigenvalue weighted by atomic mass is 9.83. The van der Waals surface area contributed by atoms with Gasteiger partial charge in [0.1, 0.15) is 12.0 Å². The van der Waals surface area contributed by atoms with E-state index in [0.29, 0.717) is 5.56 Å². The normalized spacial score (nSPS) is 12.2. The Labute approximate surface area is 285 Å². The molecule has 4 aromatic rings. The lowest BCUT2D eigenvalue weighted by Gasteiger charge is -2.28. The molecule has 49 heavy (non-hydrogen) atoms. The van der Waals surface area contributed by atoms with Crippen LogP contribution in [-0.2, 0) is 4.79 Å². The number of rotatable bonds is 13. The Morgan fingerprint density at radius 3 is 1.94 bits per heavy atom. The molecule has 0 aliphatic rings. The van der Waals surface area contributed by atoms with E-state index in [-0.39, 0.29) is 36.6 Å². The highest BCUT2D eigenvalue weighted by molar-refractivity contribution is 5.94. The fourth-order valence-electron chi connectivity index (χ4n) is 5.94. The van der Waals surface area contributed by atoms with Gasteiger partial charge in [-0.1, -0.05) is 79.6 Å². The van der Waals surface area contributed by atoms with Gasteiger partial charge >= 0.3 is 12.3 Å². The monoisotopic (exact) mass is 676 g/mol. The number of likely N-dealkylation sites (N-methyl/N-ethyl adjacent to an activating group) is 1. The molecule has 4 rings (SSSR count). The van der Waals surface area contributed by atoms with Crippen molar-refractivity contribution in [2.75, 3.05) is 13.6 Å². The Kier molecular flexibility index (Phi) is 14.1. The molecule has 0 fully saturated rings. The number of hydrogen-bond donors (Lipinski definition) is 3. The van der Waals surface area contributed by atoms with Crippen molar-refractivity contribution in [3.8, 4) is 16.9 Å². The molecule has 0 aromatic heterocycles. The Hall–Kier alpha value is -4.96. The van der Waals surface area contributed by atoms with Gasteiger partial charge in [-0.25, -0.2) is 0 Å². The molecule has 0 saturated heterocycles. The predicted octanol–water partition coefficient (Wildman–Crippen LogP) is 8.73. The Balaban J connectivity index is 0.000000319. The number of aliphatic carboxylic acids is 1. The fourth-order valence-corrected chi connectivity index (χ4v) is 5.94. The first kappa shape index (κ1) is 38.5. The number of carbonyl (C=O) groups excluding carboxylic acids is 2. The number of aryl methyl sites for hydroxylation is 3. The molecular weight excluding hydrogens is 633 g/mol. The second-order valence-electron chi connectivity index (χ2n) is 11.8. The van der Waals surface area contributed by atoms with E-state index in [4.69, 9.17) is 5.11 Å². The molecule has 0 bridgehead atoms. The van der Waals surface area contributed by atoms with Gasteiger partial charge in [-0.2, -0.15) is 0 Å². The van der Waals surface area contributed by atoms with Crippen LogP contribution < -0.4 is 15.4 Å². The van der Waals surface area contributed by atoms with Crippen LogP contribution in [0.1, 0.15) is 86.7 Å². The molecule has 4 aromatic carbocycles. The molecule has 0 aliphatic heterocycles. The smallest absolute Gasteiger partial charge is 0.481 e. The van der Waals surface area contributed by atoms with Crippen molar-refractivity contribution in [2.45, 2.75) is 65.3 Å². The molecule has 3 N–H and O–H groups in total. The third-order valence-electron chi connectivity index (χ3n) is 8.02. The van der Waals surface area contributed by atoms with Crippen LogP contribution in [0, 0.1) is 20.8 Å². The number of benzene rings is 4. The van der Waals surface area contributed by atoms with Gasteiger partial charge < -0.3 is 20.5 Å². The highest BCUT2D eigenvalue weighted by Gasteiger charge is 2.31. The van der Waals surface area contributed by atoms with Crippen LogP contribution in [0.2, 0.25) is 0 Å². The van der Waals surface area contributed by atoms with Crippen LogP contribution in [0.5, 0.6) is 5.75 Å². The van der Waals surface area contributed by atoms with Crippen LogP contribution >= 0.6 is 0 Å². The molecule has 0 saturated carbocycles. The third-order valence-corrected chi connectivity index (χ3v) is 8.02. The quantitative estimate of drug-likeness (QED) is 0.122. The van der Waals surface area contributed by atoms with Gasteiger partial charge in [0, 0.05) is 29.6 Å². The van der Waals surface area contributed by atoms with Crippen molar-refractivity contribution in [3.05, 3.63) is 124 Å². The summed E-state index contributed by atoms with van der Waals surface area (Å²) in [5, 5.41) is 14.5. The maximum atomic E-state index is 12.4. The zero-order valence-electron chi connectivity index (χ0n) is 28.4. The molecule has 260 valence electrons. The van der Waals surface area contributed by atoms with Crippen molar-refractivity contribution >= 4 is 18.2 Å². The van der Waals surface area contributed by atoms with Gasteiger partial charge in [-0.15, -0.1) is 13.2 Å². The van der Waals surface area contributed by atoms with Gasteiger partial charge in [0.15, 0.2) is 0 Å². The maximum absolute atomic E-state index is 12.4. The lowest BCUT2D eigenvalue weighted by molar-refractivity contribution is -0.274. The molecule has 2 unspecified atom stereocenters. The zero-order valence-corrected chi connectivity index (χ0v) is 28.4. The zero-order chi connectivity index (χ0) is 36.1. The summed E-state index contributed by atoms with van der Waals surface area (Å²) in [6.45, 7) is 8.46. The number of carbonyl (C=O) groups is 3. The van der Waals surface area contributed by atoms with Gasteiger partial charge in [0.05, 0.1) is 6.42 Å². The average molecular weight is 677 g/mol. The third kappa shape index (κ3) is 11.6. The van der Waals surface area contributed by atoms with Crippen LogP contribution in [0.3, 0.4) is 0 Å². The minimum absolute atomic E-state index is 0.0171. The first-order valence-electron chi connectivity index (χ1n) is 16.0. The first-order valence-corrected chi connectivity index (χ1v) is 16.0. The lowest BCUT2D eigenvalue weighted by Crippen LogP contribution is -2.26. The molecule has 7 nitrogen and oxygen atoms in total. The molecule has 0 spiro atoms. The SMILES string of the molecule is CCCC(c1ccc(C(=O)NCCC(=O)O)cc1)C(NC)c1ccc(OC(F)(F)F)cc1.Cc1cc(C)c(-c2ccc(C=O)cc2)c(C)c1. The summed E-state index contributed by atoms with van der Waals surface area (Å²) in [6, 6.07) is 24.8. The van der Waals surface area contributed by atoms with E-state index in [1.54, 1.807) is 31.3 Å². The van der Waals surface area contributed by atoms with E-state index < -0.39 is 12.3 Å². The van der Waals surface area contributed by atoms with Gasteiger partial charge in [0.2, 0.25) is 0 Å². The van der Waals surface area contributed by atoms with E-state index in [9.17, 15) is 27.6 Å². The second kappa shape index (κ2) is 18.0. The summed E-state index contributed by atoms with van der Waals surface area (Å²) >= 11 is 0. The van der Waals surface area contributed by atoms with Crippen LogP contribution in [0.4, 0.5) is 13.2 Å². The summed E-state index contributed by atoms with van der Waals surface area (Å²) in [5.41, 5.74) is 9.22. The van der Waals surface area contributed by atoms with E-state index in [2.05, 4.69) is 48.3 Å². The number of nitrogens with one attached hydrogen (secondary N) is 2. The standard InChI is InChI=1S/C23H27F3N2O4.C16H16O/c1-3-4-19(15-5-7-17(8-6-15)22(31)28-14-13-20(29)30)21(27-2)16-9-11-18(12-10-16)32-23(24,25)26;1-11-8-12(2)16(13(3)9-11)15-6-4-14(10-17)5-7-15/h5-12,19,21,27H,3-4,13-14H2,1-2H3,(H,28,31)(H,29,30);4-10H,1-3H3. The number of ether oxygens (including phenoxy) is 1. The number of hydrogen-bond acceptors (Lipinski definition) is 5. The average Bonchev–Trinajstić information content (AvgIpc) is 3.05. The van der Waals surface area contributed by atoms with E-state index >= 15 is 0 Å². The van der Waals surface area contributed by atoms with Gasteiger partial charge in [-0.3, -0.25) is 14.4 Å². The van der Waals surface area contributed by atoms with Crippen molar-refractivity contribution < 1.29 is 37.4 Å². The van der Waals surface area contributed by atoms with Crippen molar-refractivity contribution in [2.24, 2.45) is 0 Å². The van der Waals surface area contributed by atoms with Crippen molar-refractivity contribution in [1.82, 2.24) is 10.6 Å². The van der Waals surface area contributed by atoms with Crippen molar-refractivity contribution in [1.29, 1.82) is 0 Å². The molecule has 2 atom stereocenters. The molecule has 1 amide bonds. The van der Waals surface area contributed by atoms with E-state index in [1.165, 1.54) is 39.9 Å². The highest BCUT2D eigenvalue weighted by atomic mass is 19.4. The number of alkyl halides is 3. The fraction of sp³-hybridized carbons (Fsp3) is 0.308. The van der Waals surface area contributed by atoms with Crippen LogP contribution in [0.25, 0.3) is 11.1 Å². The number of aldehydes is 1. The molecule has 0 heterocycles. The van der Waals surface area contributed by atoms with E-state index in [1.807, 2.05) is 43.3 Å². The highest BCUT2D eigenvalue weighted by Crippen LogP contribution is 2.36. The van der Waals surface area contributed by atoms with Crippen LogP contribution in [-0.4, -0.2) is 43.2 Å². The minimum atomic E-state index is -4.74. The second-order valence-corrected chi connectivity index (χ2v) is 11.8. The Morgan fingerprint density at radius 2 is 1.45 bits per heavy atom. The van der Waals surface area contributed by atoms with Gasteiger partial charge in [-0.05, 0) is 91.9 Å². The van der Waals surface area contributed by atoms with Crippen molar-refractivity contribution in [3.63, 3.8) is 0 Å². The summed E-state index contributed by atoms with van der Waals surface area (Å²) < 4.78 is 41.2. The number of amides is 1. The summed E-state index contributed by atoms with van der Waals surface area (Å²) in [7, 11) is 1.79. The van der Waals surface area contributed by atoms with Gasteiger partial charge in [0.25, 0.3) is 5.91 Å². The summed E-state index contributed by atoms with van der Waals surface area (Å²) in [6.07, 6.45) is -2.32. The molecule has 10 heteroatoms. The Bertz CT molecular complexity index is 1660. The maximum Gasteiger partial charge on any atom is 0.573 e. The van der Waals surface area contributed by atoms with Crippen LogP contribution in [0.15, 0.2) is 84.9 Å². The number of carboxylic acids is 1. The topological polar surface area (TPSA) is 105 Å². The summed E-state index contributed by atoms with van der Waals surface area (Å²) in [4.78, 5) is 33.4. The van der Waals surface area contributed by atoms with E-state index in [0.717, 1.165) is 35.8 Å². The molecular formula is C39H43F3N2O5. The molecule has 0 aliphatic carbocycles. The predicted molar refractivity (Wildman–Crippen MR) is 185 cm³/mol. The summed E-state index contributed by atoms with van der Waals surface area (Å²) in [5.74, 6) is -1.60. The Morgan fingerprint density at radius 1 is 0.878 bits per heavy atom. The molecule has 0 radical (unpaired) electrons. The number of halogens is 3.